The maximum atomic E-state index is 14.5. The number of carboxylic acids is 2. The van der Waals surface area contributed by atoms with Crippen LogP contribution >= 0.6 is 22.6 Å². The van der Waals surface area contributed by atoms with E-state index in [1.807, 2.05) is 22.6 Å². The molecule has 11 heteroatoms. The van der Waals surface area contributed by atoms with Gasteiger partial charge in [-0.25, -0.2) is 18.0 Å². The molecule has 29 heavy (non-hydrogen) atoms. The van der Waals surface area contributed by atoms with Crippen molar-refractivity contribution in [2.24, 2.45) is 5.16 Å². The van der Waals surface area contributed by atoms with Gasteiger partial charge in [-0.05, 0) is 53.3 Å². The highest BCUT2D eigenvalue weighted by atomic mass is 127. The van der Waals surface area contributed by atoms with E-state index >= 15 is 0 Å². The summed E-state index contributed by atoms with van der Waals surface area (Å²) in [7, 11) is 0. The second-order valence-corrected chi connectivity index (χ2v) is 6.88. The lowest BCUT2D eigenvalue weighted by atomic mass is 10.1. The fraction of sp³-hybridized carbons (Fsp3) is 0.167. The van der Waals surface area contributed by atoms with E-state index in [9.17, 15) is 27.9 Å². The zero-order valence-electron chi connectivity index (χ0n) is 14.6. The SMILES string of the molecule is O=C(O)CCCO/N=C/c1cc(C(=O)O)c(Nc2ccc(I)cc2F)c(F)c1F. The van der Waals surface area contributed by atoms with E-state index in [0.717, 1.165) is 18.3 Å². The molecule has 0 unspecified atom stereocenters. The highest BCUT2D eigenvalue weighted by molar-refractivity contribution is 14.1. The summed E-state index contributed by atoms with van der Waals surface area (Å²) in [5.41, 5.74) is -2.12. The topological polar surface area (TPSA) is 108 Å². The summed E-state index contributed by atoms with van der Waals surface area (Å²) in [6.07, 6.45) is 0.756. The number of aromatic carboxylic acids is 1. The molecule has 0 amide bonds. The molecular formula is C18H14F3IN2O5. The molecular weight excluding hydrogens is 508 g/mol. The van der Waals surface area contributed by atoms with Crippen molar-refractivity contribution < 1.29 is 37.8 Å². The van der Waals surface area contributed by atoms with Crippen molar-refractivity contribution in [3.05, 3.63) is 56.4 Å². The van der Waals surface area contributed by atoms with Gasteiger partial charge >= 0.3 is 11.9 Å². The van der Waals surface area contributed by atoms with Gasteiger partial charge in [-0.1, -0.05) is 5.16 Å². The molecule has 2 rings (SSSR count). The van der Waals surface area contributed by atoms with Crippen LogP contribution in [0.15, 0.2) is 29.4 Å². The minimum atomic E-state index is -1.57. The van der Waals surface area contributed by atoms with Crippen LogP contribution in [0.3, 0.4) is 0 Å². The number of anilines is 2. The molecule has 154 valence electrons. The summed E-state index contributed by atoms with van der Waals surface area (Å²) >= 11 is 1.86. The molecule has 3 N–H and O–H groups in total. The Morgan fingerprint density at radius 1 is 1.17 bits per heavy atom. The third-order valence-corrected chi connectivity index (χ3v) is 4.22. The first-order valence-electron chi connectivity index (χ1n) is 8.05. The van der Waals surface area contributed by atoms with E-state index in [1.165, 1.54) is 12.1 Å². The van der Waals surface area contributed by atoms with Crippen molar-refractivity contribution in [2.45, 2.75) is 12.8 Å². The normalized spacial score (nSPS) is 10.9. The van der Waals surface area contributed by atoms with Gasteiger partial charge < -0.3 is 20.4 Å². The summed E-state index contributed by atoms with van der Waals surface area (Å²) in [6, 6.07) is 4.72. The molecule has 0 bridgehead atoms. The number of carboxylic acid groups (broad SMARTS) is 2. The van der Waals surface area contributed by atoms with Crippen LogP contribution in [0.2, 0.25) is 0 Å². The fourth-order valence-electron chi connectivity index (χ4n) is 2.19. The second-order valence-electron chi connectivity index (χ2n) is 5.64. The fourth-order valence-corrected chi connectivity index (χ4v) is 2.64. The van der Waals surface area contributed by atoms with Crippen LogP contribution in [0.4, 0.5) is 24.5 Å². The molecule has 0 aliphatic rings. The van der Waals surface area contributed by atoms with Crippen LogP contribution in [0, 0.1) is 21.0 Å². The first-order chi connectivity index (χ1) is 13.7. The third-order valence-electron chi connectivity index (χ3n) is 3.55. The lowest BCUT2D eigenvalue weighted by Crippen LogP contribution is -2.10. The van der Waals surface area contributed by atoms with Gasteiger partial charge in [-0.2, -0.15) is 0 Å². The number of nitrogens with zero attached hydrogens (tertiary/aromatic N) is 1. The van der Waals surface area contributed by atoms with Crippen molar-refractivity contribution >= 4 is 52.1 Å². The summed E-state index contributed by atoms with van der Waals surface area (Å²) in [5, 5.41) is 23.5. The quantitative estimate of drug-likeness (QED) is 0.196. The van der Waals surface area contributed by atoms with Crippen LogP contribution in [0.1, 0.15) is 28.8 Å². The summed E-state index contributed by atoms with van der Waals surface area (Å²) < 4.78 is 43.4. The molecule has 0 radical (unpaired) electrons. The predicted molar refractivity (Wildman–Crippen MR) is 106 cm³/mol. The number of aliphatic carboxylic acids is 1. The third kappa shape index (κ3) is 6.07. The smallest absolute Gasteiger partial charge is 0.337 e. The highest BCUT2D eigenvalue weighted by Crippen LogP contribution is 2.30. The van der Waals surface area contributed by atoms with Gasteiger partial charge in [-0.3, -0.25) is 4.79 Å². The average Bonchev–Trinajstić information content (AvgIpc) is 2.64. The Labute approximate surface area is 176 Å². The number of nitrogens with one attached hydrogen (secondary N) is 1. The molecule has 2 aromatic rings. The molecule has 2 aromatic carbocycles. The molecule has 0 aliphatic carbocycles. The average molecular weight is 522 g/mol. The Kier molecular flexibility index (Phi) is 7.82. The largest absolute Gasteiger partial charge is 0.481 e. The Balaban J connectivity index is 2.29. The first kappa shape index (κ1) is 22.5. The van der Waals surface area contributed by atoms with Crippen molar-refractivity contribution in [3.63, 3.8) is 0 Å². The minimum Gasteiger partial charge on any atom is -0.481 e. The van der Waals surface area contributed by atoms with Crippen molar-refractivity contribution in [3.8, 4) is 0 Å². The van der Waals surface area contributed by atoms with Crippen molar-refractivity contribution in [2.75, 3.05) is 11.9 Å². The van der Waals surface area contributed by atoms with Gasteiger partial charge in [0.1, 0.15) is 12.4 Å². The van der Waals surface area contributed by atoms with Gasteiger partial charge in [0.15, 0.2) is 11.6 Å². The number of oxime groups is 1. The molecule has 0 aliphatic heterocycles. The molecule has 0 saturated carbocycles. The Morgan fingerprint density at radius 3 is 2.52 bits per heavy atom. The van der Waals surface area contributed by atoms with Gasteiger partial charge in [0, 0.05) is 15.6 Å². The Morgan fingerprint density at radius 2 is 1.90 bits per heavy atom. The molecule has 0 atom stereocenters. The molecule has 0 fully saturated rings. The van der Waals surface area contributed by atoms with Crippen LogP contribution in [0.25, 0.3) is 0 Å². The van der Waals surface area contributed by atoms with Gasteiger partial charge in [0.2, 0.25) is 0 Å². The highest BCUT2D eigenvalue weighted by Gasteiger charge is 2.23. The number of benzene rings is 2. The Bertz CT molecular complexity index is 969. The van der Waals surface area contributed by atoms with E-state index in [2.05, 4.69) is 10.5 Å². The van der Waals surface area contributed by atoms with E-state index in [4.69, 9.17) is 9.94 Å². The van der Waals surface area contributed by atoms with E-state index < -0.39 is 46.2 Å². The van der Waals surface area contributed by atoms with Crippen LogP contribution in [0.5, 0.6) is 0 Å². The summed E-state index contributed by atoms with van der Waals surface area (Å²) in [5.74, 6) is -6.32. The zero-order valence-corrected chi connectivity index (χ0v) is 16.7. The van der Waals surface area contributed by atoms with Gasteiger partial charge in [0.05, 0.1) is 23.2 Å². The van der Waals surface area contributed by atoms with Crippen LogP contribution in [-0.2, 0) is 9.63 Å². The summed E-state index contributed by atoms with van der Waals surface area (Å²) in [4.78, 5) is 26.6. The number of rotatable bonds is 9. The maximum Gasteiger partial charge on any atom is 0.337 e. The molecule has 0 heterocycles. The predicted octanol–water partition coefficient (Wildman–Crippen LogP) is 4.37. The number of hydrogen-bond donors (Lipinski definition) is 3. The first-order valence-corrected chi connectivity index (χ1v) is 9.13. The lowest BCUT2D eigenvalue weighted by Gasteiger charge is -2.13. The maximum absolute atomic E-state index is 14.5. The standard InChI is InChI=1S/C18H14F3IN2O5/c19-12-7-10(22)3-4-13(12)24-17-11(18(27)28)6-9(15(20)16(17)21)8-23-29-5-1-2-14(25)26/h3-4,6-8,24H,1-2,5H2,(H,25,26)(H,27,28)/b23-8+. The minimum absolute atomic E-state index is 0.0790. The van der Waals surface area contributed by atoms with Gasteiger partial charge in [0.25, 0.3) is 0 Å². The van der Waals surface area contributed by atoms with E-state index in [0.29, 0.717) is 3.57 Å². The molecule has 0 spiro atoms. The number of halogens is 4. The molecule has 7 nitrogen and oxygen atoms in total. The van der Waals surface area contributed by atoms with Crippen molar-refractivity contribution in [1.29, 1.82) is 0 Å². The Hall–Kier alpha value is -2.83. The monoisotopic (exact) mass is 522 g/mol. The number of hydrogen-bond acceptors (Lipinski definition) is 5. The van der Waals surface area contributed by atoms with Crippen molar-refractivity contribution in [1.82, 2.24) is 0 Å². The number of carbonyl (C=O) groups is 2. The lowest BCUT2D eigenvalue weighted by molar-refractivity contribution is -0.137. The van der Waals surface area contributed by atoms with Crippen LogP contribution < -0.4 is 5.32 Å². The summed E-state index contributed by atoms with van der Waals surface area (Å²) in [6.45, 7) is -0.0790. The zero-order chi connectivity index (χ0) is 21.6. The van der Waals surface area contributed by atoms with E-state index in [-0.39, 0.29) is 25.1 Å². The molecule has 0 saturated heterocycles. The second kappa shape index (κ2) is 10.1. The van der Waals surface area contributed by atoms with Crippen LogP contribution in [-0.4, -0.2) is 35.0 Å². The van der Waals surface area contributed by atoms with E-state index in [1.54, 1.807) is 0 Å². The van der Waals surface area contributed by atoms with Gasteiger partial charge in [-0.15, -0.1) is 0 Å². The molecule has 0 aromatic heterocycles.